The highest BCUT2D eigenvalue weighted by Crippen LogP contribution is 2.55. The predicted molar refractivity (Wildman–Crippen MR) is 164 cm³/mol. The Morgan fingerprint density at radius 2 is 1.69 bits per heavy atom. The molecule has 0 bridgehead atoms. The first-order valence-corrected chi connectivity index (χ1v) is 14.5. The lowest BCUT2D eigenvalue weighted by molar-refractivity contribution is -0.121. The fourth-order valence-corrected chi connectivity index (χ4v) is 7.50. The highest BCUT2D eigenvalue weighted by molar-refractivity contribution is 7.22. The van der Waals surface area contributed by atoms with Crippen LogP contribution in [0.25, 0.3) is 21.2 Å². The first-order valence-electron chi connectivity index (χ1n) is 13.3. The van der Waals surface area contributed by atoms with Gasteiger partial charge in [-0.15, -0.1) is 0 Å². The van der Waals surface area contributed by atoms with Crippen molar-refractivity contribution in [1.29, 1.82) is 0 Å². The number of hydrogen-bond donors (Lipinski definition) is 0. The van der Waals surface area contributed by atoms with Crippen LogP contribution >= 0.6 is 22.9 Å². The van der Waals surface area contributed by atoms with E-state index in [1.807, 2.05) is 49.4 Å². The normalized spacial score (nSPS) is 17.6. The minimum Gasteiger partial charge on any atom is -0.450 e. The Hall–Kier alpha value is -4.79. The zero-order valence-corrected chi connectivity index (χ0v) is 23.7. The van der Waals surface area contributed by atoms with Crippen LogP contribution in [0.15, 0.2) is 100 Å². The average molecular weight is 590 g/mol. The number of carbonyl (C=O) groups is 2. The summed E-state index contributed by atoms with van der Waals surface area (Å²) in [7, 11) is 0. The standard InChI is InChI=1S/C33H20ClN3O4S/c1-18-8-2-3-9-19(18)17-36-24-12-6-5-11-22(24)33(31(36)40)27-28(38)21-10-4-7-13-25(21)41-29(27)30(39)37(33)32-35-23-15-14-20(34)16-26(23)42-32/h2-16H,17H2,1H3. The van der Waals surface area contributed by atoms with Gasteiger partial charge in [0.2, 0.25) is 5.76 Å². The molecule has 8 rings (SSSR count). The first-order chi connectivity index (χ1) is 20.4. The molecule has 0 saturated heterocycles. The highest BCUT2D eigenvalue weighted by atomic mass is 35.5. The molecule has 2 aromatic heterocycles. The first kappa shape index (κ1) is 25.0. The molecule has 2 amide bonds. The van der Waals surface area contributed by atoms with Crippen molar-refractivity contribution in [1.82, 2.24) is 4.98 Å². The van der Waals surface area contributed by atoms with Gasteiger partial charge in [0.15, 0.2) is 16.1 Å². The Labute approximate surface area is 248 Å². The molecule has 0 aliphatic carbocycles. The van der Waals surface area contributed by atoms with Crippen molar-refractivity contribution < 1.29 is 14.0 Å². The average Bonchev–Trinajstić information content (AvgIpc) is 3.60. The van der Waals surface area contributed by atoms with E-state index < -0.39 is 22.8 Å². The van der Waals surface area contributed by atoms with Crippen LogP contribution in [0.5, 0.6) is 0 Å². The number of nitrogens with zero attached hydrogens (tertiary/aromatic N) is 3. The molecule has 2 aliphatic heterocycles. The van der Waals surface area contributed by atoms with Crippen molar-refractivity contribution in [3.8, 4) is 0 Å². The minimum absolute atomic E-state index is 0.00761. The summed E-state index contributed by atoms with van der Waals surface area (Å²) in [6, 6.07) is 27.2. The van der Waals surface area contributed by atoms with E-state index in [0.717, 1.165) is 15.8 Å². The van der Waals surface area contributed by atoms with Crippen LogP contribution < -0.4 is 15.2 Å². The van der Waals surface area contributed by atoms with Crippen molar-refractivity contribution >= 4 is 66.8 Å². The van der Waals surface area contributed by atoms with Crippen molar-refractivity contribution in [2.45, 2.75) is 19.0 Å². The van der Waals surface area contributed by atoms with E-state index in [1.165, 1.54) is 16.2 Å². The van der Waals surface area contributed by atoms with Gasteiger partial charge < -0.3 is 9.32 Å². The molecule has 0 saturated carbocycles. The molecule has 7 nitrogen and oxygen atoms in total. The molecule has 1 atom stereocenters. The van der Waals surface area contributed by atoms with E-state index in [-0.39, 0.29) is 28.6 Å². The van der Waals surface area contributed by atoms with Gasteiger partial charge in [0.25, 0.3) is 11.8 Å². The number of benzene rings is 4. The lowest BCUT2D eigenvalue weighted by Crippen LogP contribution is -2.53. The smallest absolute Gasteiger partial charge is 0.297 e. The number of halogens is 1. The number of thiazole rings is 1. The second kappa shape index (κ2) is 8.85. The summed E-state index contributed by atoms with van der Waals surface area (Å²) in [5, 5.41) is 1.09. The predicted octanol–water partition coefficient (Wildman–Crippen LogP) is 6.82. The number of carbonyl (C=O) groups excluding carboxylic acids is 2. The fraction of sp³-hybridized carbons (Fsp3) is 0.0909. The Kier molecular flexibility index (Phi) is 5.26. The zero-order chi connectivity index (χ0) is 28.7. The molecule has 1 unspecified atom stereocenters. The lowest BCUT2D eigenvalue weighted by atomic mass is 9.84. The second-order valence-corrected chi connectivity index (χ2v) is 11.9. The maximum atomic E-state index is 15.1. The molecule has 204 valence electrons. The monoisotopic (exact) mass is 589 g/mol. The summed E-state index contributed by atoms with van der Waals surface area (Å²) in [5.41, 5.74) is 1.79. The Morgan fingerprint density at radius 1 is 0.929 bits per heavy atom. The molecule has 4 aromatic carbocycles. The molecule has 4 heterocycles. The summed E-state index contributed by atoms with van der Waals surface area (Å²) in [6.07, 6.45) is 0. The van der Waals surface area contributed by atoms with Crippen LogP contribution in [-0.2, 0) is 16.9 Å². The van der Waals surface area contributed by atoms with Gasteiger partial charge in [-0.25, -0.2) is 4.98 Å². The van der Waals surface area contributed by atoms with E-state index in [1.54, 1.807) is 53.4 Å². The second-order valence-electron chi connectivity index (χ2n) is 10.4. The van der Waals surface area contributed by atoms with Crippen molar-refractivity contribution in [2.75, 3.05) is 9.80 Å². The number of amides is 2. The number of para-hydroxylation sites is 2. The van der Waals surface area contributed by atoms with Gasteiger partial charge in [-0.2, -0.15) is 0 Å². The largest absolute Gasteiger partial charge is 0.450 e. The third-order valence-corrected chi connectivity index (χ3v) is 9.39. The van der Waals surface area contributed by atoms with Crippen LogP contribution in [0.1, 0.15) is 32.8 Å². The molecular weight excluding hydrogens is 570 g/mol. The van der Waals surface area contributed by atoms with Crippen LogP contribution in [0, 0.1) is 6.92 Å². The summed E-state index contributed by atoms with van der Waals surface area (Å²) in [6.45, 7) is 2.25. The summed E-state index contributed by atoms with van der Waals surface area (Å²) in [5.74, 6) is -1.17. The minimum atomic E-state index is -1.81. The van der Waals surface area contributed by atoms with Gasteiger partial charge in [0.1, 0.15) is 5.58 Å². The van der Waals surface area contributed by atoms with Crippen molar-refractivity contribution in [3.63, 3.8) is 0 Å². The Bertz CT molecular complexity index is 2210. The topological polar surface area (TPSA) is 83.7 Å². The maximum Gasteiger partial charge on any atom is 0.297 e. The number of anilines is 2. The Morgan fingerprint density at radius 3 is 2.55 bits per heavy atom. The summed E-state index contributed by atoms with van der Waals surface area (Å²) < 4.78 is 6.91. The molecule has 9 heteroatoms. The summed E-state index contributed by atoms with van der Waals surface area (Å²) in [4.78, 5) is 51.6. The number of aromatic nitrogens is 1. The van der Waals surface area contributed by atoms with E-state index >= 15 is 4.79 Å². The number of rotatable bonds is 3. The van der Waals surface area contributed by atoms with Gasteiger partial charge in [0, 0.05) is 10.6 Å². The molecule has 0 radical (unpaired) electrons. The number of aryl methyl sites for hydroxylation is 1. The molecule has 2 aliphatic rings. The van der Waals surface area contributed by atoms with Gasteiger partial charge >= 0.3 is 0 Å². The highest BCUT2D eigenvalue weighted by Gasteiger charge is 2.66. The van der Waals surface area contributed by atoms with Crippen molar-refractivity contribution in [2.24, 2.45) is 0 Å². The van der Waals surface area contributed by atoms with Crippen molar-refractivity contribution in [3.05, 3.63) is 134 Å². The molecule has 6 aromatic rings. The van der Waals surface area contributed by atoms with Gasteiger partial charge in [-0.05, 0) is 54.4 Å². The quantitative estimate of drug-likeness (QED) is 0.226. The van der Waals surface area contributed by atoms with Crippen LogP contribution in [0.4, 0.5) is 10.8 Å². The molecule has 42 heavy (non-hydrogen) atoms. The third-order valence-electron chi connectivity index (χ3n) is 8.15. The molecular formula is C33H20ClN3O4S. The van der Waals surface area contributed by atoms with E-state index in [9.17, 15) is 9.59 Å². The van der Waals surface area contributed by atoms with Gasteiger partial charge in [-0.3, -0.25) is 19.3 Å². The lowest BCUT2D eigenvalue weighted by Gasteiger charge is -2.32. The molecule has 0 N–H and O–H groups in total. The zero-order valence-electron chi connectivity index (χ0n) is 22.1. The number of hydrogen-bond acceptors (Lipinski definition) is 6. The van der Waals surface area contributed by atoms with Gasteiger partial charge in [-0.1, -0.05) is 77.5 Å². The molecule has 1 spiro atoms. The van der Waals surface area contributed by atoms with Gasteiger partial charge in [0.05, 0.1) is 33.4 Å². The van der Waals surface area contributed by atoms with E-state index in [2.05, 4.69) is 0 Å². The van der Waals surface area contributed by atoms with Crippen LogP contribution in [-0.4, -0.2) is 16.8 Å². The SMILES string of the molecule is Cc1ccccc1CN1C(=O)C2(c3ccccc31)c1c(oc3ccccc3c1=O)C(=O)N2c1nc2ccc(Cl)cc2s1. The summed E-state index contributed by atoms with van der Waals surface area (Å²) >= 11 is 7.50. The fourth-order valence-electron chi connectivity index (χ4n) is 6.21. The molecule has 0 fully saturated rings. The Balaban J connectivity index is 1.46. The number of fused-ring (bicyclic) bond motifs is 6. The maximum absolute atomic E-state index is 15.1. The van der Waals surface area contributed by atoms with E-state index in [4.69, 9.17) is 21.0 Å². The third kappa shape index (κ3) is 3.22. The van der Waals surface area contributed by atoms with Crippen LogP contribution in [0.3, 0.4) is 0 Å². The van der Waals surface area contributed by atoms with Crippen LogP contribution in [0.2, 0.25) is 5.02 Å². The van der Waals surface area contributed by atoms with E-state index in [0.29, 0.717) is 27.2 Å².